The zero-order chi connectivity index (χ0) is 27.7. The molecule has 1 fully saturated rings. The summed E-state index contributed by atoms with van der Waals surface area (Å²) in [6.07, 6.45) is 0.262. The van der Waals surface area contributed by atoms with Crippen molar-refractivity contribution in [2.45, 2.75) is 33.6 Å². The minimum Gasteiger partial charge on any atom is -0.508 e. The van der Waals surface area contributed by atoms with Crippen molar-refractivity contribution in [3.8, 4) is 28.2 Å². The van der Waals surface area contributed by atoms with E-state index in [2.05, 4.69) is 4.84 Å². The topological polar surface area (TPSA) is 151 Å². The van der Waals surface area contributed by atoms with Crippen molar-refractivity contribution in [3.63, 3.8) is 0 Å². The Bertz CT molecular complexity index is 1630. The number of carboxylic acid groups (broad SMARTS) is 1. The van der Waals surface area contributed by atoms with E-state index in [1.165, 1.54) is 24.3 Å². The monoisotopic (exact) mass is 517 g/mol. The van der Waals surface area contributed by atoms with Gasteiger partial charge < -0.3 is 19.5 Å². The predicted octanol–water partition coefficient (Wildman–Crippen LogP) is 4.20. The molecule has 2 aromatic carbocycles. The summed E-state index contributed by atoms with van der Waals surface area (Å²) in [5.74, 6) is -2.24. The fourth-order valence-corrected chi connectivity index (χ4v) is 4.14. The molecule has 0 bridgehead atoms. The molecule has 0 spiro atoms. The molecule has 0 saturated carbocycles. The average Bonchev–Trinajstić information content (AvgIpc) is 3.15. The van der Waals surface area contributed by atoms with Gasteiger partial charge in [-0.25, -0.2) is 9.59 Å². The van der Waals surface area contributed by atoms with Crippen LogP contribution in [0.5, 0.6) is 5.75 Å². The van der Waals surface area contributed by atoms with Gasteiger partial charge in [-0.2, -0.15) is 0 Å². The van der Waals surface area contributed by atoms with Gasteiger partial charge in [-0.1, -0.05) is 6.07 Å². The number of aryl methyl sites for hydroxylation is 2. The van der Waals surface area contributed by atoms with Crippen molar-refractivity contribution in [3.05, 3.63) is 75.4 Å². The predicted molar refractivity (Wildman–Crippen MR) is 135 cm³/mol. The van der Waals surface area contributed by atoms with Crippen LogP contribution in [0.15, 0.2) is 57.7 Å². The van der Waals surface area contributed by atoms with E-state index in [1.54, 1.807) is 18.2 Å². The van der Waals surface area contributed by atoms with Gasteiger partial charge in [0, 0.05) is 48.4 Å². The first-order chi connectivity index (χ1) is 18.0. The highest BCUT2D eigenvalue weighted by Crippen LogP contribution is 2.42. The van der Waals surface area contributed by atoms with Gasteiger partial charge in [-0.05, 0) is 60.9 Å². The van der Waals surface area contributed by atoms with E-state index in [0.29, 0.717) is 38.5 Å². The van der Waals surface area contributed by atoms with Crippen LogP contribution in [0, 0.1) is 13.8 Å². The first-order valence-corrected chi connectivity index (χ1v) is 11.5. The van der Waals surface area contributed by atoms with Crippen molar-refractivity contribution in [2.75, 3.05) is 0 Å². The van der Waals surface area contributed by atoms with Crippen LogP contribution in [0.4, 0.5) is 0 Å². The second-order valence-electron chi connectivity index (χ2n) is 8.77. The Balaban J connectivity index is 0.000000257. The van der Waals surface area contributed by atoms with Gasteiger partial charge in [0.1, 0.15) is 17.1 Å². The number of aromatic carboxylic acids is 1. The van der Waals surface area contributed by atoms with Gasteiger partial charge in [0.2, 0.25) is 0 Å². The number of hydrogen-bond acceptors (Lipinski definition) is 8. The molecule has 2 heterocycles. The molecule has 2 N–H and O–H groups in total. The summed E-state index contributed by atoms with van der Waals surface area (Å²) in [4.78, 5) is 59.9. The van der Waals surface area contributed by atoms with Crippen molar-refractivity contribution in [1.82, 2.24) is 5.06 Å². The first-order valence-electron chi connectivity index (χ1n) is 11.5. The second-order valence-corrected chi connectivity index (χ2v) is 8.77. The van der Waals surface area contributed by atoms with Crippen molar-refractivity contribution >= 4 is 34.7 Å². The molecule has 2 aliphatic heterocycles. The smallest absolute Gasteiger partial charge is 0.336 e. The van der Waals surface area contributed by atoms with Crippen molar-refractivity contribution in [1.29, 1.82) is 0 Å². The fourth-order valence-electron chi connectivity index (χ4n) is 4.14. The van der Waals surface area contributed by atoms with Crippen molar-refractivity contribution < 1.29 is 38.6 Å². The van der Waals surface area contributed by atoms with Gasteiger partial charge in [-0.3, -0.25) is 14.4 Å². The third kappa shape index (κ3) is 5.10. The van der Waals surface area contributed by atoms with Crippen LogP contribution in [0.25, 0.3) is 33.4 Å². The number of carboxylic acids is 1. The normalized spacial score (nSPS) is 13.0. The number of fused-ring (bicyclic) bond motifs is 2. The summed E-state index contributed by atoms with van der Waals surface area (Å²) in [6, 6.07) is 12.6. The van der Waals surface area contributed by atoms with Crippen LogP contribution < -0.4 is 5.43 Å². The number of carbonyl (C=O) groups excluding carboxylic acids is 3. The number of nitrogens with zero attached hydrogens (tertiary/aromatic N) is 1. The number of amides is 2. The van der Waals surface area contributed by atoms with E-state index in [9.17, 15) is 34.2 Å². The van der Waals surface area contributed by atoms with E-state index in [0.717, 1.165) is 18.1 Å². The van der Waals surface area contributed by atoms with Crippen LogP contribution in [0.3, 0.4) is 0 Å². The molecule has 0 radical (unpaired) electrons. The fraction of sp³-hybridized carbons (Fsp3) is 0.179. The lowest BCUT2D eigenvalue weighted by Crippen LogP contribution is -2.30. The number of phenolic OH excluding ortho intramolecular Hbond substituents is 1. The molecule has 2 amide bonds. The van der Waals surface area contributed by atoms with Crippen molar-refractivity contribution in [2.24, 2.45) is 0 Å². The molecule has 10 heteroatoms. The molecule has 1 aliphatic carbocycles. The first kappa shape index (κ1) is 26.1. The number of rotatable bonds is 3. The zero-order valence-electron chi connectivity index (χ0n) is 20.7. The maximum atomic E-state index is 11.9. The van der Waals surface area contributed by atoms with E-state index >= 15 is 0 Å². The molecule has 5 rings (SSSR count). The van der Waals surface area contributed by atoms with Gasteiger partial charge in [0.25, 0.3) is 11.8 Å². The lowest BCUT2D eigenvalue weighted by molar-refractivity contribution is -0.195. The number of phenols is 1. The number of aromatic hydroxyl groups is 1. The van der Waals surface area contributed by atoms with Crippen LogP contribution in [0.2, 0.25) is 0 Å². The lowest BCUT2D eigenvalue weighted by atomic mass is 9.88. The Kier molecular flexibility index (Phi) is 6.98. The standard InChI is InChI=1S/C22H16O5.C6H7NO4/c1-11-7-17(18(22(25)26)8-12(11)2)21-15-5-3-13(23)9-19(15)27-20-10-14(24)4-6-16(20)21;1-4(8)11-7-5(9)2-3-6(7)10/h3-10,23H,1-2H3,(H,25,26);2-3H2,1H3. The van der Waals surface area contributed by atoms with Crippen LogP contribution in [-0.4, -0.2) is 39.0 Å². The molecular weight excluding hydrogens is 494 g/mol. The Hall–Kier alpha value is -4.99. The van der Waals surface area contributed by atoms with Crippen LogP contribution in [0.1, 0.15) is 41.3 Å². The molecule has 2 aromatic rings. The maximum absolute atomic E-state index is 11.9. The molecule has 10 nitrogen and oxygen atoms in total. The third-order valence-electron chi connectivity index (χ3n) is 6.04. The summed E-state index contributed by atoms with van der Waals surface area (Å²) < 4.78 is 5.82. The molecule has 0 atom stereocenters. The molecule has 0 aromatic heterocycles. The number of imide groups is 1. The largest absolute Gasteiger partial charge is 0.508 e. The van der Waals surface area contributed by atoms with Gasteiger partial charge in [0.05, 0.1) is 5.56 Å². The summed E-state index contributed by atoms with van der Waals surface area (Å²) in [7, 11) is 0. The van der Waals surface area contributed by atoms with E-state index in [4.69, 9.17) is 4.42 Å². The van der Waals surface area contributed by atoms with Gasteiger partial charge >= 0.3 is 11.9 Å². The minimum absolute atomic E-state index is 0.0216. The zero-order valence-corrected chi connectivity index (χ0v) is 20.7. The Morgan fingerprint density at radius 1 is 0.895 bits per heavy atom. The van der Waals surface area contributed by atoms with E-state index < -0.39 is 23.8 Å². The van der Waals surface area contributed by atoms with Crippen LogP contribution >= 0.6 is 0 Å². The molecular formula is C28H23NO9. The number of benzene rings is 3. The summed E-state index contributed by atoms with van der Waals surface area (Å²) >= 11 is 0. The highest BCUT2D eigenvalue weighted by Gasteiger charge is 2.31. The highest BCUT2D eigenvalue weighted by atomic mass is 16.7. The maximum Gasteiger partial charge on any atom is 0.336 e. The third-order valence-corrected chi connectivity index (χ3v) is 6.04. The second kappa shape index (κ2) is 10.2. The summed E-state index contributed by atoms with van der Waals surface area (Å²) in [6.45, 7) is 4.92. The van der Waals surface area contributed by atoms with E-state index in [1.807, 2.05) is 19.9 Å². The van der Waals surface area contributed by atoms with Crippen LogP contribution in [-0.2, 0) is 19.2 Å². The lowest BCUT2D eigenvalue weighted by Gasteiger charge is -2.18. The molecule has 0 unspecified atom stereocenters. The number of hydrogen-bond donors (Lipinski definition) is 2. The average molecular weight is 517 g/mol. The molecule has 194 valence electrons. The number of carbonyl (C=O) groups is 4. The molecule has 38 heavy (non-hydrogen) atoms. The van der Waals surface area contributed by atoms with Gasteiger partial charge in [-0.15, -0.1) is 5.06 Å². The molecule has 1 saturated heterocycles. The Morgan fingerprint density at radius 2 is 1.55 bits per heavy atom. The summed E-state index contributed by atoms with van der Waals surface area (Å²) in [5.41, 5.74) is 4.01. The summed E-state index contributed by atoms with van der Waals surface area (Å²) in [5, 5.41) is 20.8. The SMILES string of the molecule is CC(=O)ON1C(=O)CCC1=O.Cc1cc(C(=O)O)c(-c2c3ccc(=O)cc-3oc3cc(O)ccc23)cc1C. The Labute approximate surface area is 216 Å². The Morgan fingerprint density at radius 3 is 2.18 bits per heavy atom. The minimum atomic E-state index is -1.03. The molecule has 3 aliphatic rings. The van der Waals surface area contributed by atoms with Gasteiger partial charge in [0.15, 0.2) is 5.43 Å². The highest BCUT2D eigenvalue weighted by molar-refractivity contribution is 6.07. The van der Waals surface area contributed by atoms with E-state index in [-0.39, 0.29) is 29.6 Å². The number of hydroxylamine groups is 2. The quantitative estimate of drug-likeness (QED) is 0.301.